The zero-order chi connectivity index (χ0) is 14.1. The number of ether oxygens (including phenoxy) is 1. The fourth-order valence-corrected chi connectivity index (χ4v) is 2.66. The summed E-state index contributed by atoms with van der Waals surface area (Å²) in [6.07, 6.45) is 1.77. The largest absolute Gasteiger partial charge is 0.482 e. The van der Waals surface area contributed by atoms with Gasteiger partial charge in [-0.15, -0.1) is 11.3 Å². The zero-order valence-corrected chi connectivity index (χ0v) is 11.7. The first-order valence-electron chi connectivity index (χ1n) is 6.15. The first-order valence-corrected chi connectivity index (χ1v) is 7.03. The van der Waals surface area contributed by atoms with E-state index in [-0.39, 0.29) is 18.6 Å². The van der Waals surface area contributed by atoms with E-state index in [1.165, 1.54) is 0 Å². The summed E-state index contributed by atoms with van der Waals surface area (Å²) in [5.74, 6) is 0.427. The number of fused-ring (bicyclic) bond motifs is 1. The monoisotopic (exact) mass is 290 g/mol. The van der Waals surface area contributed by atoms with Crippen molar-refractivity contribution in [1.82, 2.24) is 4.98 Å². The van der Waals surface area contributed by atoms with Gasteiger partial charge in [0.2, 0.25) is 0 Å². The SMILES string of the molecule is CC(Nc1cc2c(cc1N)OCC(=O)N2)c1nccs1. The molecule has 1 aromatic carbocycles. The number of anilines is 3. The normalized spacial score (nSPS) is 14.9. The number of hydrogen-bond acceptors (Lipinski definition) is 6. The number of aromatic nitrogens is 1. The van der Waals surface area contributed by atoms with Gasteiger partial charge >= 0.3 is 0 Å². The van der Waals surface area contributed by atoms with Crippen molar-refractivity contribution < 1.29 is 9.53 Å². The number of rotatable bonds is 3. The van der Waals surface area contributed by atoms with Gasteiger partial charge in [0.25, 0.3) is 5.91 Å². The summed E-state index contributed by atoms with van der Waals surface area (Å²) >= 11 is 1.58. The molecule has 0 saturated heterocycles. The highest BCUT2D eigenvalue weighted by Gasteiger charge is 2.19. The van der Waals surface area contributed by atoms with E-state index in [4.69, 9.17) is 10.5 Å². The second-order valence-electron chi connectivity index (χ2n) is 4.51. The van der Waals surface area contributed by atoms with Gasteiger partial charge in [-0.25, -0.2) is 4.98 Å². The third-order valence-electron chi connectivity index (χ3n) is 2.98. The lowest BCUT2D eigenvalue weighted by atomic mass is 10.2. The number of benzene rings is 1. The number of carbonyl (C=O) groups is 1. The molecule has 0 spiro atoms. The second kappa shape index (κ2) is 5.01. The Labute approximate surface area is 120 Å². The number of nitrogens with one attached hydrogen (secondary N) is 2. The lowest BCUT2D eigenvalue weighted by molar-refractivity contribution is -0.118. The number of nitrogens with zero attached hydrogens (tertiary/aromatic N) is 1. The van der Waals surface area contributed by atoms with Gasteiger partial charge < -0.3 is 21.1 Å². The summed E-state index contributed by atoms with van der Waals surface area (Å²) in [6.45, 7) is 2.03. The molecule has 1 atom stereocenters. The molecule has 6 nitrogen and oxygen atoms in total. The maximum Gasteiger partial charge on any atom is 0.262 e. The lowest BCUT2D eigenvalue weighted by Crippen LogP contribution is -2.25. The van der Waals surface area contributed by atoms with E-state index in [2.05, 4.69) is 15.6 Å². The van der Waals surface area contributed by atoms with Gasteiger partial charge in [-0.05, 0) is 13.0 Å². The highest BCUT2D eigenvalue weighted by molar-refractivity contribution is 7.09. The molecule has 1 unspecified atom stereocenters. The summed E-state index contributed by atoms with van der Waals surface area (Å²) in [7, 11) is 0. The molecule has 0 saturated carbocycles. The minimum absolute atomic E-state index is 0.0226. The molecule has 1 aliphatic rings. The highest BCUT2D eigenvalue weighted by Crippen LogP contribution is 2.36. The molecule has 0 fully saturated rings. The van der Waals surface area contributed by atoms with Gasteiger partial charge in [-0.3, -0.25) is 4.79 Å². The predicted molar refractivity (Wildman–Crippen MR) is 79.1 cm³/mol. The summed E-state index contributed by atoms with van der Waals surface area (Å²) in [4.78, 5) is 15.6. The van der Waals surface area contributed by atoms with Gasteiger partial charge in [0, 0.05) is 17.6 Å². The third kappa shape index (κ3) is 2.39. The third-order valence-corrected chi connectivity index (χ3v) is 3.94. The van der Waals surface area contributed by atoms with Gasteiger partial charge in [-0.2, -0.15) is 0 Å². The van der Waals surface area contributed by atoms with Crippen LogP contribution in [0.1, 0.15) is 18.0 Å². The molecule has 2 aromatic rings. The van der Waals surface area contributed by atoms with E-state index < -0.39 is 0 Å². The Morgan fingerprint density at radius 2 is 2.40 bits per heavy atom. The fraction of sp³-hybridized carbons (Fsp3) is 0.231. The van der Waals surface area contributed by atoms with Crippen molar-refractivity contribution in [3.63, 3.8) is 0 Å². The molecule has 20 heavy (non-hydrogen) atoms. The van der Waals surface area contributed by atoms with Crippen LogP contribution in [0.2, 0.25) is 0 Å². The number of nitrogens with two attached hydrogens (primary N) is 1. The Bertz CT molecular complexity index is 642. The minimum Gasteiger partial charge on any atom is -0.482 e. The van der Waals surface area contributed by atoms with Crippen molar-refractivity contribution in [3.8, 4) is 5.75 Å². The average molecular weight is 290 g/mol. The molecule has 1 aliphatic heterocycles. The minimum atomic E-state index is -0.166. The molecule has 0 radical (unpaired) electrons. The van der Waals surface area contributed by atoms with E-state index in [1.54, 1.807) is 29.7 Å². The van der Waals surface area contributed by atoms with Crippen LogP contribution in [0.4, 0.5) is 17.1 Å². The van der Waals surface area contributed by atoms with Crippen LogP contribution in [0.25, 0.3) is 0 Å². The summed E-state index contributed by atoms with van der Waals surface area (Å²) in [5, 5.41) is 8.96. The van der Waals surface area contributed by atoms with Gasteiger partial charge in [0.05, 0.1) is 23.1 Å². The molecule has 1 amide bonds. The van der Waals surface area contributed by atoms with Crippen LogP contribution in [-0.4, -0.2) is 17.5 Å². The molecule has 1 aromatic heterocycles. The second-order valence-corrected chi connectivity index (χ2v) is 5.43. The van der Waals surface area contributed by atoms with E-state index in [9.17, 15) is 4.79 Å². The van der Waals surface area contributed by atoms with Crippen LogP contribution in [0.5, 0.6) is 5.75 Å². The summed E-state index contributed by atoms with van der Waals surface area (Å²) in [6, 6.07) is 3.54. The van der Waals surface area contributed by atoms with E-state index in [0.717, 1.165) is 10.7 Å². The van der Waals surface area contributed by atoms with Gasteiger partial charge in [0.1, 0.15) is 10.8 Å². The topological polar surface area (TPSA) is 89.3 Å². The van der Waals surface area contributed by atoms with Crippen molar-refractivity contribution >= 4 is 34.3 Å². The van der Waals surface area contributed by atoms with E-state index in [0.29, 0.717) is 17.1 Å². The quantitative estimate of drug-likeness (QED) is 0.754. The van der Waals surface area contributed by atoms with Crippen LogP contribution in [0.3, 0.4) is 0 Å². The Hall–Kier alpha value is -2.28. The summed E-state index contributed by atoms with van der Waals surface area (Å²) < 4.78 is 5.32. The number of carbonyl (C=O) groups excluding carboxylic acids is 1. The highest BCUT2D eigenvalue weighted by atomic mass is 32.1. The molecule has 2 heterocycles. The van der Waals surface area contributed by atoms with Crippen molar-refractivity contribution in [2.75, 3.05) is 23.0 Å². The Kier molecular flexibility index (Phi) is 3.19. The molecular formula is C13H14N4O2S. The summed E-state index contributed by atoms with van der Waals surface area (Å²) in [5.41, 5.74) is 7.96. The Morgan fingerprint density at radius 1 is 1.55 bits per heavy atom. The number of thiazole rings is 1. The fourth-order valence-electron chi connectivity index (χ4n) is 2.01. The molecule has 3 rings (SSSR count). The van der Waals surface area contributed by atoms with Crippen LogP contribution in [-0.2, 0) is 4.79 Å². The maximum absolute atomic E-state index is 11.3. The standard InChI is InChI=1S/C13H14N4O2S/c1-7(13-15-2-3-20-13)16-9-5-10-11(4-8(9)14)19-6-12(18)17-10/h2-5,7,16H,6,14H2,1H3,(H,17,18). The Balaban J connectivity index is 1.86. The molecule has 4 N–H and O–H groups in total. The Morgan fingerprint density at radius 3 is 3.15 bits per heavy atom. The van der Waals surface area contributed by atoms with Crippen molar-refractivity contribution in [2.45, 2.75) is 13.0 Å². The number of hydrogen-bond donors (Lipinski definition) is 3. The number of nitrogen functional groups attached to an aromatic ring is 1. The zero-order valence-electron chi connectivity index (χ0n) is 10.8. The van der Waals surface area contributed by atoms with Gasteiger partial charge in [0.15, 0.2) is 6.61 Å². The average Bonchev–Trinajstić information content (AvgIpc) is 2.94. The predicted octanol–water partition coefficient (Wildman–Crippen LogP) is 2.23. The van der Waals surface area contributed by atoms with Crippen molar-refractivity contribution in [2.24, 2.45) is 0 Å². The first-order chi connectivity index (χ1) is 9.63. The van der Waals surface area contributed by atoms with Gasteiger partial charge in [-0.1, -0.05) is 0 Å². The molecule has 0 aliphatic carbocycles. The van der Waals surface area contributed by atoms with Crippen molar-refractivity contribution in [3.05, 3.63) is 28.7 Å². The van der Waals surface area contributed by atoms with E-state index in [1.807, 2.05) is 12.3 Å². The molecule has 104 valence electrons. The van der Waals surface area contributed by atoms with Crippen molar-refractivity contribution in [1.29, 1.82) is 0 Å². The van der Waals surface area contributed by atoms with Crippen LogP contribution < -0.4 is 21.1 Å². The first kappa shape index (κ1) is 12.7. The molecule has 7 heteroatoms. The van der Waals surface area contributed by atoms with E-state index >= 15 is 0 Å². The number of amides is 1. The maximum atomic E-state index is 11.3. The van der Waals surface area contributed by atoms with Crippen LogP contribution in [0, 0.1) is 0 Å². The smallest absolute Gasteiger partial charge is 0.262 e. The molecular weight excluding hydrogens is 276 g/mol. The van der Waals surface area contributed by atoms with Crippen LogP contribution >= 0.6 is 11.3 Å². The molecule has 0 bridgehead atoms. The van der Waals surface area contributed by atoms with Crippen LogP contribution in [0.15, 0.2) is 23.7 Å². The lowest BCUT2D eigenvalue weighted by Gasteiger charge is -2.21.